The molecule has 1 atom stereocenters. The van der Waals surface area contributed by atoms with Crippen LogP contribution >= 0.6 is 0 Å². The number of hydrogen-bond acceptors (Lipinski definition) is 5. The molecule has 1 heterocycles. The summed E-state index contributed by atoms with van der Waals surface area (Å²) in [7, 11) is 1.55. The molecule has 0 aliphatic carbocycles. The Kier molecular flexibility index (Phi) is 6.63. The summed E-state index contributed by atoms with van der Waals surface area (Å²) in [6.45, 7) is 5.65. The average molecular weight is 258 g/mol. The maximum absolute atomic E-state index is 11.6. The van der Waals surface area contributed by atoms with Crippen LogP contribution in [0.25, 0.3) is 0 Å². The number of carbonyl (C=O) groups is 2. The lowest BCUT2D eigenvalue weighted by molar-refractivity contribution is -0.121. The molecule has 7 heteroatoms. The Morgan fingerprint density at radius 1 is 1.50 bits per heavy atom. The second-order valence-electron chi connectivity index (χ2n) is 4.39. The van der Waals surface area contributed by atoms with Crippen LogP contribution in [0.1, 0.15) is 6.92 Å². The number of hydrogen-bond donors (Lipinski definition) is 3. The normalized spacial score (nSPS) is 20.4. The highest BCUT2D eigenvalue weighted by Crippen LogP contribution is 1.97. The second kappa shape index (κ2) is 8.02. The molecule has 1 rings (SSSR count). The fourth-order valence-corrected chi connectivity index (χ4v) is 1.84. The van der Waals surface area contributed by atoms with Gasteiger partial charge in [0.15, 0.2) is 0 Å². The molecule has 0 aromatic rings. The minimum absolute atomic E-state index is 0.254. The molecule has 0 aromatic carbocycles. The molecule has 1 aliphatic heterocycles. The molecule has 1 aliphatic rings. The third-order valence-electron chi connectivity index (χ3n) is 2.66. The van der Waals surface area contributed by atoms with Gasteiger partial charge in [-0.3, -0.25) is 15.0 Å². The van der Waals surface area contributed by atoms with Crippen molar-refractivity contribution in [2.75, 3.05) is 46.4 Å². The number of rotatable bonds is 5. The Balaban J connectivity index is 2.18. The van der Waals surface area contributed by atoms with Crippen LogP contribution in [0, 0.1) is 0 Å². The van der Waals surface area contributed by atoms with Crippen LogP contribution < -0.4 is 16.0 Å². The van der Waals surface area contributed by atoms with Crippen molar-refractivity contribution >= 4 is 11.9 Å². The van der Waals surface area contributed by atoms with E-state index in [1.165, 1.54) is 0 Å². The van der Waals surface area contributed by atoms with Gasteiger partial charge >= 0.3 is 6.03 Å². The molecule has 1 fully saturated rings. The lowest BCUT2D eigenvalue weighted by Gasteiger charge is -2.31. The predicted molar refractivity (Wildman–Crippen MR) is 67.3 cm³/mol. The van der Waals surface area contributed by atoms with E-state index in [4.69, 9.17) is 4.74 Å². The number of urea groups is 1. The minimum Gasteiger partial charge on any atom is -0.383 e. The van der Waals surface area contributed by atoms with Gasteiger partial charge < -0.3 is 15.4 Å². The van der Waals surface area contributed by atoms with Gasteiger partial charge in [0.2, 0.25) is 5.91 Å². The predicted octanol–water partition coefficient (Wildman–Crippen LogP) is -1.25. The van der Waals surface area contributed by atoms with Gasteiger partial charge in [-0.05, 0) is 6.92 Å². The van der Waals surface area contributed by atoms with Gasteiger partial charge in [-0.2, -0.15) is 0 Å². The summed E-state index contributed by atoms with van der Waals surface area (Å²) < 4.78 is 4.79. The zero-order valence-corrected chi connectivity index (χ0v) is 11.0. The highest BCUT2D eigenvalue weighted by Gasteiger charge is 2.18. The third-order valence-corrected chi connectivity index (χ3v) is 2.66. The van der Waals surface area contributed by atoms with Gasteiger partial charge in [0.05, 0.1) is 13.2 Å². The average Bonchev–Trinajstić information content (AvgIpc) is 2.29. The van der Waals surface area contributed by atoms with Crippen LogP contribution in [0.4, 0.5) is 4.79 Å². The molecule has 0 aromatic heterocycles. The highest BCUT2D eigenvalue weighted by atomic mass is 16.5. The molecule has 7 nitrogen and oxygen atoms in total. The molecule has 1 saturated heterocycles. The van der Waals surface area contributed by atoms with Gasteiger partial charge in [0.25, 0.3) is 0 Å². The van der Waals surface area contributed by atoms with E-state index >= 15 is 0 Å². The van der Waals surface area contributed by atoms with E-state index in [1.807, 2.05) is 4.90 Å². The summed E-state index contributed by atoms with van der Waals surface area (Å²) in [5, 5.41) is 8.12. The van der Waals surface area contributed by atoms with Crippen LogP contribution in [0.3, 0.4) is 0 Å². The van der Waals surface area contributed by atoms with Crippen molar-refractivity contribution in [1.82, 2.24) is 20.9 Å². The van der Waals surface area contributed by atoms with Crippen molar-refractivity contribution < 1.29 is 14.3 Å². The van der Waals surface area contributed by atoms with Gasteiger partial charge in [0.1, 0.15) is 0 Å². The lowest BCUT2D eigenvalue weighted by Crippen LogP contribution is -2.53. The van der Waals surface area contributed by atoms with Crippen LogP contribution in [0.15, 0.2) is 0 Å². The van der Waals surface area contributed by atoms with E-state index in [0.29, 0.717) is 19.2 Å². The third kappa shape index (κ3) is 5.95. The zero-order valence-electron chi connectivity index (χ0n) is 11.0. The molecule has 3 N–H and O–H groups in total. The van der Waals surface area contributed by atoms with Crippen molar-refractivity contribution in [3.05, 3.63) is 0 Å². The summed E-state index contributed by atoms with van der Waals surface area (Å²) in [5.41, 5.74) is 0. The van der Waals surface area contributed by atoms with E-state index in [1.54, 1.807) is 7.11 Å². The van der Waals surface area contributed by atoms with Crippen LogP contribution in [-0.4, -0.2) is 69.3 Å². The number of carbonyl (C=O) groups excluding carboxylic acids is 2. The van der Waals surface area contributed by atoms with Crippen LogP contribution in [0.5, 0.6) is 0 Å². The minimum atomic E-state index is -0.472. The first-order chi connectivity index (χ1) is 8.61. The van der Waals surface area contributed by atoms with E-state index in [-0.39, 0.29) is 12.5 Å². The highest BCUT2D eigenvalue weighted by molar-refractivity contribution is 5.95. The number of methoxy groups -OCH3 is 1. The van der Waals surface area contributed by atoms with E-state index < -0.39 is 6.03 Å². The first-order valence-corrected chi connectivity index (χ1v) is 6.14. The smallest absolute Gasteiger partial charge is 0.321 e. The summed E-state index contributed by atoms with van der Waals surface area (Å²) in [5.74, 6) is -0.279. The topological polar surface area (TPSA) is 82.7 Å². The van der Waals surface area contributed by atoms with Crippen molar-refractivity contribution in [1.29, 1.82) is 0 Å². The Labute approximate surface area is 107 Å². The SMILES string of the molecule is COCCNC(=O)NC(=O)CN1CCN[C@H](C)C1. The Morgan fingerprint density at radius 2 is 2.28 bits per heavy atom. The van der Waals surface area contributed by atoms with Crippen molar-refractivity contribution in [3.63, 3.8) is 0 Å². The van der Waals surface area contributed by atoms with Gasteiger partial charge in [-0.25, -0.2) is 4.79 Å². The molecule has 0 unspecified atom stereocenters. The zero-order chi connectivity index (χ0) is 13.4. The number of imide groups is 1. The first kappa shape index (κ1) is 14.9. The number of nitrogens with one attached hydrogen (secondary N) is 3. The quantitative estimate of drug-likeness (QED) is 0.537. The van der Waals surface area contributed by atoms with Crippen molar-refractivity contribution in [2.24, 2.45) is 0 Å². The molecular weight excluding hydrogens is 236 g/mol. The molecular formula is C11H22N4O3. The van der Waals surface area contributed by atoms with E-state index in [0.717, 1.165) is 19.6 Å². The Morgan fingerprint density at radius 3 is 2.94 bits per heavy atom. The first-order valence-electron chi connectivity index (χ1n) is 6.14. The number of nitrogens with zero attached hydrogens (tertiary/aromatic N) is 1. The molecule has 0 spiro atoms. The summed E-state index contributed by atoms with van der Waals surface area (Å²) >= 11 is 0. The second-order valence-corrected chi connectivity index (χ2v) is 4.39. The summed E-state index contributed by atoms with van der Waals surface area (Å²) in [6.07, 6.45) is 0. The van der Waals surface area contributed by atoms with Crippen LogP contribution in [0.2, 0.25) is 0 Å². The Bertz CT molecular complexity index is 285. The Hall–Kier alpha value is -1.18. The number of ether oxygens (including phenoxy) is 1. The van der Waals surface area contributed by atoms with Gasteiger partial charge in [-0.15, -0.1) is 0 Å². The standard InChI is InChI=1S/C11H22N4O3/c1-9-7-15(5-3-12-9)8-10(16)14-11(17)13-4-6-18-2/h9,12H,3-8H2,1-2H3,(H2,13,14,16,17)/t9-/m1/s1. The van der Waals surface area contributed by atoms with Crippen LogP contribution in [-0.2, 0) is 9.53 Å². The number of amides is 3. The van der Waals surface area contributed by atoms with Gasteiger partial charge in [-0.1, -0.05) is 0 Å². The maximum Gasteiger partial charge on any atom is 0.321 e. The van der Waals surface area contributed by atoms with Crippen molar-refractivity contribution in [2.45, 2.75) is 13.0 Å². The fourth-order valence-electron chi connectivity index (χ4n) is 1.84. The molecule has 0 bridgehead atoms. The molecule has 0 saturated carbocycles. The summed E-state index contributed by atoms with van der Waals surface area (Å²) in [6, 6.07) is -0.0951. The van der Waals surface area contributed by atoms with E-state index in [9.17, 15) is 9.59 Å². The van der Waals surface area contributed by atoms with Crippen molar-refractivity contribution in [3.8, 4) is 0 Å². The van der Waals surface area contributed by atoms with Gasteiger partial charge in [0, 0.05) is 39.3 Å². The lowest BCUT2D eigenvalue weighted by atomic mass is 10.2. The molecule has 104 valence electrons. The largest absolute Gasteiger partial charge is 0.383 e. The monoisotopic (exact) mass is 258 g/mol. The summed E-state index contributed by atoms with van der Waals surface area (Å²) in [4.78, 5) is 24.9. The molecule has 18 heavy (non-hydrogen) atoms. The maximum atomic E-state index is 11.6. The van der Waals surface area contributed by atoms with E-state index in [2.05, 4.69) is 22.9 Å². The molecule has 3 amide bonds. The number of piperazine rings is 1. The fraction of sp³-hybridized carbons (Fsp3) is 0.818. The molecule has 0 radical (unpaired) electrons.